The third-order valence-electron chi connectivity index (χ3n) is 3.19. The van der Waals surface area contributed by atoms with Gasteiger partial charge in [-0.2, -0.15) is 0 Å². The number of hydrogen-bond acceptors (Lipinski definition) is 1. The number of hydrogen-bond donors (Lipinski definition) is 1. The van der Waals surface area contributed by atoms with Gasteiger partial charge in [0.25, 0.3) is 0 Å². The Morgan fingerprint density at radius 1 is 1.15 bits per heavy atom. The van der Waals surface area contributed by atoms with Gasteiger partial charge in [0, 0.05) is 11.4 Å². The van der Waals surface area contributed by atoms with Crippen LogP contribution in [0.3, 0.4) is 0 Å². The van der Waals surface area contributed by atoms with Crippen LogP contribution >= 0.6 is 0 Å². The highest BCUT2D eigenvalue weighted by Crippen LogP contribution is 2.35. The molecular weight excluding hydrogens is 158 g/mol. The van der Waals surface area contributed by atoms with Crippen LogP contribution in [0, 0.1) is 0 Å². The van der Waals surface area contributed by atoms with Crippen molar-refractivity contribution in [1.82, 2.24) is 5.32 Å². The number of rotatable bonds is 0. The zero-order valence-corrected chi connectivity index (χ0v) is 8.54. The summed E-state index contributed by atoms with van der Waals surface area (Å²) in [4.78, 5) is 0. The molecule has 1 heterocycles. The second-order valence-electron chi connectivity index (χ2n) is 4.02. The van der Waals surface area contributed by atoms with Gasteiger partial charge in [0.05, 0.1) is 0 Å². The Morgan fingerprint density at radius 3 is 2.62 bits per heavy atom. The zero-order valence-electron chi connectivity index (χ0n) is 8.54. The van der Waals surface area contributed by atoms with Crippen LogP contribution in [0.25, 0.3) is 0 Å². The fourth-order valence-corrected chi connectivity index (χ4v) is 2.15. The smallest absolute Gasteiger partial charge is 0.0187 e. The molecule has 0 unspecified atom stereocenters. The Morgan fingerprint density at radius 2 is 1.85 bits per heavy atom. The van der Waals surface area contributed by atoms with E-state index in [4.69, 9.17) is 0 Å². The highest BCUT2D eigenvalue weighted by molar-refractivity contribution is 5.52. The maximum atomic E-state index is 4.17. The van der Waals surface area contributed by atoms with Crippen molar-refractivity contribution in [3.8, 4) is 0 Å². The highest BCUT2D eigenvalue weighted by atomic mass is 14.9. The molecule has 2 rings (SSSR count). The van der Waals surface area contributed by atoms with Gasteiger partial charge in [-0.1, -0.05) is 6.58 Å². The minimum atomic E-state index is 1.21. The normalized spacial score (nSPS) is 23.1. The Kier molecular flexibility index (Phi) is 2.03. The van der Waals surface area contributed by atoms with Gasteiger partial charge in [0.15, 0.2) is 0 Å². The van der Waals surface area contributed by atoms with Crippen molar-refractivity contribution in [2.75, 3.05) is 0 Å². The Labute approximate surface area is 80.2 Å². The first kappa shape index (κ1) is 8.61. The van der Waals surface area contributed by atoms with Crippen LogP contribution in [-0.4, -0.2) is 0 Å². The average molecular weight is 175 g/mol. The molecule has 0 saturated carbocycles. The van der Waals surface area contributed by atoms with Crippen molar-refractivity contribution >= 4 is 0 Å². The largest absolute Gasteiger partial charge is 0.362 e. The van der Waals surface area contributed by atoms with Gasteiger partial charge in [-0.15, -0.1) is 0 Å². The molecule has 0 radical (unpaired) electrons. The number of dihydropyridines is 1. The van der Waals surface area contributed by atoms with E-state index in [1.165, 1.54) is 53.8 Å². The Balaban J connectivity index is 2.36. The molecule has 0 atom stereocenters. The molecule has 2 aliphatic rings. The lowest BCUT2D eigenvalue weighted by atomic mass is 9.85. The average Bonchev–Trinajstić information content (AvgIpc) is 2.15. The van der Waals surface area contributed by atoms with E-state index < -0.39 is 0 Å². The maximum absolute atomic E-state index is 4.17. The summed E-state index contributed by atoms with van der Waals surface area (Å²) < 4.78 is 0. The van der Waals surface area contributed by atoms with Gasteiger partial charge in [-0.05, 0) is 56.3 Å². The summed E-state index contributed by atoms with van der Waals surface area (Å²) >= 11 is 0. The minimum absolute atomic E-state index is 1.21. The quantitative estimate of drug-likeness (QED) is 0.596. The summed E-state index contributed by atoms with van der Waals surface area (Å²) in [5.74, 6) is 0. The lowest BCUT2D eigenvalue weighted by molar-refractivity contribution is 0.635. The Hall–Kier alpha value is -0.980. The maximum Gasteiger partial charge on any atom is 0.0187 e. The molecule has 1 aliphatic heterocycles. The fraction of sp³-hybridized carbons (Fsp3) is 0.500. The summed E-state index contributed by atoms with van der Waals surface area (Å²) in [5, 5.41) is 3.50. The third kappa shape index (κ3) is 1.32. The summed E-state index contributed by atoms with van der Waals surface area (Å²) in [6.07, 6.45) is 5.07. The molecule has 0 bridgehead atoms. The minimum Gasteiger partial charge on any atom is -0.362 e. The molecule has 0 aromatic heterocycles. The zero-order chi connectivity index (χ0) is 9.42. The molecule has 1 N–H and O–H groups in total. The van der Waals surface area contributed by atoms with E-state index in [-0.39, 0.29) is 0 Å². The van der Waals surface area contributed by atoms with Gasteiger partial charge < -0.3 is 5.32 Å². The molecule has 1 nitrogen and oxygen atoms in total. The molecule has 0 saturated heterocycles. The summed E-state index contributed by atoms with van der Waals surface area (Å²) in [7, 11) is 0. The third-order valence-corrected chi connectivity index (χ3v) is 3.19. The van der Waals surface area contributed by atoms with Gasteiger partial charge >= 0.3 is 0 Å². The van der Waals surface area contributed by atoms with E-state index in [9.17, 15) is 0 Å². The van der Waals surface area contributed by atoms with Crippen LogP contribution in [0.5, 0.6) is 0 Å². The van der Waals surface area contributed by atoms with Crippen LogP contribution in [0.15, 0.2) is 34.7 Å². The first-order valence-electron chi connectivity index (χ1n) is 5.06. The van der Waals surface area contributed by atoms with E-state index in [0.717, 1.165) is 0 Å². The molecule has 13 heavy (non-hydrogen) atoms. The van der Waals surface area contributed by atoms with Crippen LogP contribution in [0.4, 0.5) is 0 Å². The second-order valence-corrected chi connectivity index (χ2v) is 4.02. The highest BCUT2D eigenvalue weighted by Gasteiger charge is 2.20. The molecule has 0 fully saturated rings. The molecule has 1 aliphatic carbocycles. The van der Waals surface area contributed by atoms with Gasteiger partial charge in [0.1, 0.15) is 0 Å². The first-order chi connectivity index (χ1) is 6.20. The van der Waals surface area contributed by atoms with E-state index in [1.807, 2.05) is 0 Å². The lowest BCUT2D eigenvalue weighted by Crippen LogP contribution is -2.22. The molecule has 0 aromatic carbocycles. The van der Waals surface area contributed by atoms with Crippen molar-refractivity contribution in [1.29, 1.82) is 0 Å². The monoisotopic (exact) mass is 175 g/mol. The van der Waals surface area contributed by atoms with E-state index >= 15 is 0 Å². The van der Waals surface area contributed by atoms with Crippen LogP contribution < -0.4 is 5.32 Å². The topological polar surface area (TPSA) is 12.0 Å². The van der Waals surface area contributed by atoms with Crippen molar-refractivity contribution in [3.05, 3.63) is 34.7 Å². The number of nitrogens with one attached hydrogen (secondary N) is 1. The predicted molar refractivity (Wildman–Crippen MR) is 56.1 cm³/mol. The summed E-state index contributed by atoms with van der Waals surface area (Å²) in [5.41, 5.74) is 6.80. The fourth-order valence-electron chi connectivity index (χ4n) is 2.15. The van der Waals surface area contributed by atoms with Crippen molar-refractivity contribution in [2.45, 2.75) is 39.5 Å². The van der Waals surface area contributed by atoms with Crippen molar-refractivity contribution < 1.29 is 0 Å². The number of allylic oxidation sites excluding steroid dienone is 5. The second kappa shape index (κ2) is 3.06. The van der Waals surface area contributed by atoms with E-state index in [0.29, 0.717) is 0 Å². The molecule has 1 heteroatoms. The van der Waals surface area contributed by atoms with Crippen LogP contribution in [0.1, 0.15) is 39.5 Å². The van der Waals surface area contributed by atoms with Crippen LogP contribution in [0.2, 0.25) is 0 Å². The SMILES string of the molecule is C=C1C(C)=C(C)NC2=C1CCCC2. The molecule has 0 spiro atoms. The van der Waals surface area contributed by atoms with Crippen molar-refractivity contribution in [3.63, 3.8) is 0 Å². The lowest BCUT2D eigenvalue weighted by Gasteiger charge is -2.29. The van der Waals surface area contributed by atoms with Gasteiger partial charge in [-0.25, -0.2) is 0 Å². The van der Waals surface area contributed by atoms with Crippen molar-refractivity contribution in [2.24, 2.45) is 0 Å². The van der Waals surface area contributed by atoms with E-state index in [2.05, 4.69) is 25.7 Å². The standard InChI is InChI=1S/C12H17N/c1-8-9(2)11-6-4-5-7-12(11)13-10(8)3/h13H,2,4-7H2,1,3H3. The molecule has 0 amide bonds. The van der Waals surface area contributed by atoms with Gasteiger partial charge in [0.2, 0.25) is 0 Å². The molecule has 70 valence electrons. The summed E-state index contributed by atoms with van der Waals surface area (Å²) in [6, 6.07) is 0. The molecule has 0 aromatic rings. The van der Waals surface area contributed by atoms with Crippen LogP contribution in [-0.2, 0) is 0 Å². The first-order valence-corrected chi connectivity index (χ1v) is 5.06. The Bertz CT molecular complexity index is 318. The van der Waals surface area contributed by atoms with E-state index in [1.54, 1.807) is 0 Å². The predicted octanol–water partition coefficient (Wildman–Crippen LogP) is 3.27. The molecular formula is C12H17N. The summed E-state index contributed by atoms with van der Waals surface area (Å²) in [6.45, 7) is 8.47. The van der Waals surface area contributed by atoms with Gasteiger partial charge in [-0.3, -0.25) is 0 Å².